The quantitative estimate of drug-likeness (QED) is 0.248. The van der Waals surface area contributed by atoms with Crippen LogP contribution in [-0.2, 0) is 20.3 Å². The summed E-state index contributed by atoms with van der Waals surface area (Å²) in [6, 6.07) is 0. The Morgan fingerprint density at radius 1 is 1.43 bits per heavy atom. The lowest BCUT2D eigenvalue weighted by Gasteiger charge is -2.39. The summed E-state index contributed by atoms with van der Waals surface area (Å²) in [5.74, 6) is -2.79. The van der Waals surface area contributed by atoms with Crippen molar-refractivity contribution in [2.45, 2.75) is 24.3 Å². The Labute approximate surface area is 81.2 Å². The highest BCUT2D eigenvalue weighted by Gasteiger charge is 2.51. The van der Waals surface area contributed by atoms with Crippen molar-refractivity contribution < 1.29 is 38.1 Å². The van der Waals surface area contributed by atoms with E-state index < -0.39 is 42.3 Å². The zero-order valence-electron chi connectivity index (χ0n) is 6.81. The van der Waals surface area contributed by atoms with E-state index in [4.69, 9.17) is 19.9 Å². The molecule has 2 unspecified atom stereocenters. The van der Waals surface area contributed by atoms with E-state index in [9.17, 15) is 9.32 Å². The molecule has 0 aliphatic carbocycles. The minimum atomic E-state index is -2.88. The molecule has 9 heteroatoms. The normalized spacial score (nSPS) is 46.2. The molecule has 0 saturated carbocycles. The first-order valence-corrected chi connectivity index (χ1v) is 4.61. The van der Waals surface area contributed by atoms with Crippen molar-refractivity contribution in [3.63, 3.8) is 0 Å². The Balaban J connectivity index is 2.74. The van der Waals surface area contributed by atoms with Crippen LogP contribution in [0.1, 0.15) is 0 Å². The van der Waals surface area contributed by atoms with Crippen LogP contribution >= 0.6 is 0 Å². The summed E-state index contributed by atoms with van der Waals surface area (Å²) in [4.78, 5) is 0. The smallest absolute Gasteiger partial charge is 0.325 e. The molecule has 84 valence electrons. The highest BCUT2D eigenvalue weighted by atomic mass is 32.2. The number of aliphatic hydroxyl groups is 4. The standard InChI is InChI=1S/C5H10O8S/c6-2-1-12-5(9,13-14(10)11)4(8)3(2)7/h2-4,6-9H,1H2,(H,10,11)/t2-,3+,4-,5?/m1/s1. The van der Waals surface area contributed by atoms with Gasteiger partial charge in [0.1, 0.15) is 12.2 Å². The molecule has 14 heavy (non-hydrogen) atoms. The molecular weight excluding hydrogens is 220 g/mol. The minimum Gasteiger partial charge on any atom is -0.388 e. The number of hydrogen-bond acceptors (Lipinski definition) is 7. The maximum Gasteiger partial charge on any atom is 0.325 e. The summed E-state index contributed by atoms with van der Waals surface area (Å²) < 4.78 is 26.8. The summed E-state index contributed by atoms with van der Waals surface area (Å²) in [7, 11) is 0. The first kappa shape index (κ1) is 11.9. The Hall–Kier alpha value is -0.130. The Morgan fingerprint density at radius 2 is 2.00 bits per heavy atom. The molecule has 1 fully saturated rings. The van der Waals surface area contributed by atoms with Crippen LogP contribution in [0.25, 0.3) is 0 Å². The zero-order valence-corrected chi connectivity index (χ0v) is 7.62. The van der Waals surface area contributed by atoms with Crippen LogP contribution in [0.15, 0.2) is 0 Å². The minimum absolute atomic E-state index is 0.536. The Morgan fingerprint density at radius 3 is 2.50 bits per heavy atom. The lowest BCUT2D eigenvalue weighted by atomic mass is 10.0. The van der Waals surface area contributed by atoms with Gasteiger partial charge in [-0.1, -0.05) is 0 Å². The van der Waals surface area contributed by atoms with E-state index in [1.807, 2.05) is 0 Å². The molecule has 0 amide bonds. The van der Waals surface area contributed by atoms with Crippen molar-refractivity contribution in [1.29, 1.82) is 0 Å². The molecule has 1 rings (SSSR count). The molecule has 1 heterocycles. The van der Waals surface area contributed by atoms with E-state index in [0.717, 1.165) is 0 Å². The van der Waals surface area contributed by atoms with E-state index in [0.29, 0.717) is 0 Å². The summed E-state index contributed by atoms with van der Waals surface area (Å²) in [5, 5.41) is 36.5. The van der Waals surface area contributed by atoms with Gasteiger partial charge < -0.3 is 25.2 Å². The topological polar surface area (TPSA) is 137 Å². The Kier molecular flexibility index (Phi) is 3.55. The lowest BCUT2D eigenvalue weighted by molar-refractivity contribution is -0.400. The van der Waals surface area contributed by atoms with Crippen molar-refractivity contribution >= 4 is 11.4 Å². The number of aliphatic hydroxyl groups excluding tert-OH is 3. The molecule has 0 aromatic rings. The Bertz CT molecular complexity index is 234. The average molecular weight is 230 g/mol. The van der Waals surface area contributed by atoms with Gasteiger partial charge in [-0.3, -0.25) is 4.55 Å². The fraction of sp³-hybridized carbons (Fsp3) is 1.00. The fourth-order valence-electron chi connectivity index (χ4n) is 0.990. The molecule has 0 aromatic carbocycles. The van der Waals surface area contributed by atoms with Crippen molar-refractivity contribution in [3.05, 3.63) is 0 Å². The van der Waals surface area contributed by atoms with Crippen molar-refractivity contribution in [2.75, 3.05) is 6.61 Å². The third kappa shape index (κ3) is 2.27. The summed E-state index contributed by atoms with van der Waals surface area (Å²) in [6.45, 7) is -0.536. The van der Waals surface area contributed by atoms with Gasteiger partial charge in [0.2, 0.25) is 0 Å². The van der Waals surface area contributed by atoms with E-state index in [-0.39, 0.29) is 0 Å². The third-order valence-corrected chi connectivity index (χ3v) is 2.12. The average Bonchev–Trinajstić information content (AvgIpc) is 2.08. The summed E-state index contributed by atoms with van der Waals surface area (Å²) >= 11 is -2.88. The molecule has 0 spiro atoms. The molecule has 0 radical (unpaired) electrons. The van der Waals surface area contributed by atoms with E-state index in [1.165, 1.54) is 0 Å². The second-order valence-corrected chi connectivity index (χ2v) is 3.35. The number of hydrogen-bond donors (Lipinski definition) is 5. The maximum atomic E-state index is 10.2. The molecule has 0 bridgehead atoms. The fourth-order valence-corrected chi connectivity index (χ4v) is 1.34. The number of rotatable bonds is 2. The van der Waals surface area contributed by atoms with Crippen LogP contribution in [0, 0.1) is 0 Å². The predicted octanol–water partition coefficient (Wildman–Crippen LogP) is -3.10. The van der Waals surface area contributed by atoms with Crippen molar-refractivity contribution in [3.8, 4) is 0 Å². The third-order valence-electron chi connectivity index (χ3n) is 1.74. The van der Waals surface area contributed by atoms with Gasteiger partial charge in [0.15, 0.2) is 6.10 Å². The van der Waals surface area contributed by atoms with Gasteiger partial charge in [0, 0.05) is 0 Å². The van der Waals surface area contributed by atoms with E-state index in [1.54, 1.807) is 0 Å². The van der Waals surface area contributed by atoms with Crippen molar-refractivity contribution in [1.82, 2.24) is 0 Å². The van der Waals surface area contributed by atoms with E-state index in [2.05, 4.69) is 8.92 Å². The molecule has 8 nitrogen and oxygen atoms in total. The molecule has 1 aliphatic rings. The largest absolute Gasteiger partial charge is 0.388 e. The first-order chi connectivity index (χ1) is 6.37. The van der Waals surface area contributed by atoms with Crippen LogP contribution in [0.3, 0.4) is 0 Å². The van der Waals surface area contributed by atoms with E-state index >= 15 is 0 Å². The molecule has 5 atom stereocenters. The van der Waals surface area contributed by atoms with Crippen molar-refractivity contribution in [2.24, 2.45) is 0 Å². The zero-order chi connectivity index (χ0) is 10.9. The van der Waals surface area contributed by atoms with Gasteiger partial charge in [0.25, 0.3) is 0 Å². The van der Waals surface area contributed by atoms with Crippen LogP contribution < -0.4 is 0 Å². The maximum absolute atomic E-state index is 10.2. The highest BCUT2D eigenvalue weighted by Crippen LogP contribution is 2.25. The van der Waals surface area contributed by atoms with Gasteiger partial charge in [-0.2, -0.15) is 4.21 Å². The molecular formula is C5H10O8S. The summed E-state index contributed by atoms with van der Waals surface area (Å²) in [5.41, 5.74) is 0. The number of ether oxygens (including phenoxy) is 1. The molecule has 1 saturated heterocycles. The molecule has 5 N–H and O–H groups in total. The highest BCUT2D eigenvalue weighted by molar-refractivity contribution is 7.74. The van der Waals surface area contributed by atoms with Crippen LogP contribution in [0.4, 0.5) is 0 Å². The van der Waals surface area contributed by atoms with Crippen LogP contribution in [0.2, 0.25) is 0 Å². The van der Waals surface area contributed by atoms with Gasteiger partial charge in [-0.15, -0.1) is 0 Å². The molecule has 1 aliphatic heterocycles. The lowest BCUT2D eigenvalue weighted by Crippen LogP contribution is -2.62. The monoisotopic (exact) mass is 230 g/mol. The first-order valence-electron chi connectivity index (χ1n) is 3.57. The molecule has 0 aromatic heterocycles. The van der Waals surface area contributed by atoms with Crippen LogP contribution in [0.5, 0.6) is 0 Å². The second kappa shape index (κ2) is 4.16. The van der Waals surface area contributed by atoms with Crippen LogP contribution in [-0.4, -0.2) is 60.1 Å². The van der Waals surface area contributed by atoms with Gasteiger partial charge >= 0.3 is 17.3 Å². The second-order valence-electron chi connectivity index (χ2n) is 2.74. The van der Waals surface area contributed by atoms with Gasteiger partial charge in [-0.05, 0) is 0 Å². The van der Waals surface area contributed by atoms with Gasteiger partial charge in [-0.25, -0.2) is 4.18 Å². The predicted molar refractivity (Wildman–Crippen MR) is 40.8 cm³/mol. The SMILES string of the molecule is O=S(O)OC1(O)OC[C@@H](O)[C@H](O)[C@H]1O. The summed E-state index contributed by atoms with van der Waals surface area (Å²) in [6.07, 6.45) is -5.17. The van der Waals surface area contributed by atoms with Gasteiger partial charge in [0.05, 0.1) is 6.61 Å².